The Kier molecular flexibility index (Phi) is 7.78. The number of nitrogens with zero attached hydrogens (tertiary/aromatic N) is 1. The SMILES string of the molecule is CO/N=C/c1ccc(COc2c(Cl)cc(OCC=C(Cl)Cl)cc2Cl)[nH]1. The van der Waals surface area contributed by atoms with Crippen LogP contribution in [0, 0.1) is 0 Å². The Hall–Kier alpha value is -1.53. The molecule has 1 heterocycles. The van der Waals surface area contributed by atoms with E-state index >= 15 is 0 Å². The van der Waals surface area contributed by atoms with Gasteiger partial charge in [-0.25, -0.2) is 0 Å². The summed E-state index contributed by atoms with van der Waals surface area (Å²) < 4.78 is 11.2. The van der Waals surface area contributed by atoms with Gasteiger partial charge in [0.15, 0.2) is 5.75 Å². The Bertz CT molecular complexity index is 747. The van der Waals surface area contributed by atoms with E-state index in [0.717, 1.165) is 11.4 Å². The highest BCUT2D eigenvalue weighted by Crippen LogP contribution is 2.37. The van der Waals surface area contributed by atoms with Gasteiger partial charge in [-0.05, 0) is 18.2 Å². The number of hydrogen-bond donors (Lipinski definition) is 1. The number of ether oxygens (including phenoxy) is 2. The van der Waals surface area contributed by atoms with Gasteiger partial charge in [-0.1, -0.05) is 51.6 Å². The number of benzene rings is 1. The van der Waals surface area contributed by atoms with Gasteiger partial charge in [0, 0.05) is 12.1 Å². The molecule has 25 heavy (non-hydrogen) atoms. The highest BCUT2D eigenvalue weighted by Gasteiger charge is 2.11. The molecule has 2 aromatic rings. The number of halogens is 4. The molecule has 134 valence electrons. The van der Waals surface area contributed by atoms with Crippen LogP contribution < -0.4 is 9.47 Å². The number of nitrogens with one attached hydrogen (secondary N) is 1. The maximum atomic E-state index is 6.21. The van der Waals surface area contributed by atoms with E-state index in [1.807, 2.05) is 12.1 Å². The van der Waals surface area contributed by atoms with Crippen molar-refractivity contribution in [2.24, 2.45) is 5.16 Å². The maximum absolute atomic E-state index is 6.21. The van der Waals surface area contributed by atoms with Crippen molar-refractivity contribution in [3.63, 3.8) is 0 Å². The molecule has 0 saturated carbocycles. The molecule has 0 aliphatic carbocycles. The fraction of sp³-hybridized carbons (Fsp3) is 0.188. The van der Waals surface area contributed by atoms with E-state index in [1.54, 1.807) is 18.3 Å². The monoisotopic (exact) mass is 422 g/mol. The molecule has 5 nitrogen and oxygen atoms in total. The molecular weight excluding hydrogens is 410 g/mol. The van der Waals surface area contributed by atoms with Gasteiger partial charge in [-0.15, -0.1) is 0 Å². The Morgan fingerprint density at radius 2 is 1.88 bits per heavy atom. The second-order valence-corrected chi connectivity index (χ2v) is 6.49. The zero-order valence-electron chi connectivity index (χ0n) is 13.1. The van der Waals surface area contributed by atoms with E-state index in [-0.39, 0.29) is 17.7 Å². The fourth-order valence-corrected chi connectivity index (χ4v) is 2.54. The molecule has 0 radical (unpaired) electrons. The summed E-state index contributed by atoms with van der Waals surface area (Å²) in [4.78, 5) is 7.73. The molecule has 0 spiro atoms. The summed E-state index contributed by atoms with van der Waals surface area (Å²) in [5.41, 5.74) is 1.61. The summed E-state index contributed by atoms with van der Waals surface area (Å²) in [5, 5.41) is 4.33. The minimum absolute atomic E-state index is 0.123. The van der Waals surface area contributed by atoms with Crippen LogP contribution in [0.25, 0.3) is 0 Å². The molecule has 1 aromatic heterocycles. The second kappa shape index (κ2) is 9.82. The average Bonchev–Trinajstić information content (AvgIpc) is 2.99. The molecule has 0 bridgehead atoms. The summed E-state index contributed by atoms with van der Waals surface area (Å²) in [7, 11) is 1.47. The summed E-state index contributed by atoms with van der Waals surface area (Å²) >= 11 is 23.5. The summed E-state index contributed by atoms with van der Waals surface area (Å²) in [6.45, 7) is 0.453. The van der Waals surface area contributed by atoms with Crippen LogP contribution >= 0.6 is 46.4 Å². The lowest BCUT2D eigenvalue weighted by atomic mass is 10.3. The van der Waals surface area contributed by atoms with E-state index < -0.39 is 0 Å². The topological polar surface area (TPSA) is 55.8 Å². The van der Waals surface area contributed by atoms with Crippen molar-refractivity contribution in [3.8, 4) is 11.5 Å². The predicted molar refractivity (Wildman–Crippen MR) is 101 cm³/mol. The standard InChI is InChI=1S/C16H14Cl4N2O3/c1-23-21-8-10-2-3-11(22-10)9-25-16-13(17)6-12(7-14(16)18)24-5-4-15(19)20/h2-4,6-8,22H,5,9H2,1H3/b21-8+. The first-order valence-corrected chi connectivity index (χ1v) is 8.51. The Balaban J connectivity index is 2.01. The van der Waals surface area contributed by atoms with Crippen molar-refractivity contribution >= 4 is 52.6 Å². The van der Waals surface area contributed by atoms with Crippen LogP contribution in [0.4, 0.5) is 0 Å². The predicted octanol–water partition coefficient (Wildman–Crippen LogP) is 5.58. The largest absolute Gasteiger partial charge is 0.489 e. The fourth-order valence-electron chi connectivity index (χ4n) is 1.84. The molecule has 1 N–H and O–H groups in total. The summed E-state index contributed by atoms with van der Waals surface area (Å²) in [6.07, 6.45) is 3.06. The van der Waals surface area contributed by atoms with Crippen LogP contribution in [0.2, 0.25) is 10.0 Å². The van der Waals surface area contributed by atoms with Gasteiger partial charge >= 0.3 is 0 Å². The lowest BCUT2D eigenvalue weighted by Gasteiger charge is -2.11. The van der Waals surface area contributed by atoms with Gasteiger partial charge < -0.3 is 19.3 Å². The van der Waals surface area contributed by atoms with E-state index in [1.165, 1.54) is 13.2 Å². The molecule has 0 unspecified atom stereocenters. The van der Waals surface area contributed by atoms with Crippen molar-refractivity contribution in [1.29, 1.82) is 0 Å². The van der Waals surface area contributed by atoms with E-state index in [4.69, 9.17) is 55.9 Å². The van der Waals surface area contributed by atoms with Crippen LogP contribution in [0.1, 0.15) is 11.4 Å². The van der Waals surface area contributed by atoms with Gasteiger partial charge in [0.1, 0.15) is 30.6 Å². The average molecular weight is 424 g/mol. The third-order valence-electron chi connectivity index (χ3n) is 2.90. The van der Waals surface area contributed by atoms with Crippen molar-refractivity contribution < 1.29 is 14.3 Å². The minimum atomic E-state index is 0.123. The van der Waals surface area contributed by atoms with Crippen molar-refractivity contribution in [3.05, 3.63) is 56.3 Å². The number of H-pyrrole nitrogens is 1. The van der Waals surface area contributed by atoms with Gasteiger partial charge in [-0.2, -0.15) is 0 Å². The molecule has 0 atom stereocenters. The van der Waals surface area contributed by atoms with E-state index in [9.17, 15) is 0 Å². The zero-order valence-corrected chi connectivity index (χ0v) is 16.1. The Labute approximate surface area is 165 Å². The normalized spacial score (nSPS) is 10.8. The van der Waals surface area contributed by atoms with E-state index in [2.05, 4.69) is 15.0 Å². The summed E-state index contributed by atoms with van der Waals surface area (Å²) in [6, 6.07) is 6.91. The smallest absolute Gasteiger partial charge is 0.157 e. The molecule has 0 amide bonds. The first-order valence-electron chi connectivity index (χ1n) is 7.00. The molecule has 9 heteroatoms. The maximum Gasteiger partial charge on any atom is 0.157 e. The lowest BCUT2D eigenvalue weighted by molar-refractivity contribution is 0.215. The van der Waals surface area contributed by atoms with Crippen LogP contribution in [0.3, 0.4) is 0 Å². The number of hydrogen-bond acceptors (Lipinski definition) is 4. The minimum Gasteiger partial charge on any atom is -0.489 e. The van der Waals surface area contributed by atoms with Crippen molar-refractivity contribution in [2.45, 2.75) is 6.61 Å². The number of aromatic nitrogens is 1. The molecule has 0 fully saturated rings. The van der Waals surface area contributed by atoms with Crippen LogP contribution in [0.15, 0.2) is 40.0 Å². The molecule has 0 aliphatic heterocycles. The molecule has 1 aromatic carbocycles. The molecule has 2 rings (SSSR count). The third-order valence-corrected chi connectivity index (χ3v) is 3.77. The number of aromatic amines is 1. The lowest BCUT2D eigenvalue weighted by Crippen LogP contribution is -1.99. The van der Waals surface area contributed by atoms with Gasteiger partial charge in [-0.3, -0.25) is 0 Å². The highest BCUT2D eigenvalue weighted by atomic mass is 35.5. The number of rotatable bonds is 8. The third kappa shape index (κ3) is 6.36. The van der Waals surface area contributed by atoms with Gasteiger partial charge in [0.25, 0.3) is 0 Å². The van der Waals surface area contributed by atoms with Gasteiger partial charge in [0.2, 0.25) is 0 Å². The van der Waals surface area contributed by atoms with E-state index in [0.29, 0.717) is 21.5 Å². The zero-order chi connectivity index (χ0) is 18.2. The highest BCUT2D eigenvalue weighted by molar-refractivity contribution is 6.55. The van der Waals surface area contributed by atoms with Crippen LogP contribution in [0.5, 0.6) is 11.5 Å². The van der Waals surface area contributed by atoms with Crippen LogP contribution in [-0.4, -0.2) is 24.9 Å². The molecular formula is C16H14Cl4N2O3. The van der Waals surface area contributed by atoms with Crippen molar-refractivity contribution in [1.82, 2.24) is 4.98 Å². The van der Waals surface area contributed by atoms with Crippen LogP contribution in [-0.2, 0) is 11.4 Å². The Morgan fingerprint density at radius 3 is 2.52 bits per heavy atom. The first-order chi connectivity index (χ1) is 12.0. The Morgan fingerprint density at radius 1 is 1.16 bits per heavy atom. The molecule has 0 aliphatic rings. The second-order valence-electron chi connectivity index (χ2n) is 4.67. The van der Waals surface area contributed by atoms with Gasteiger partial charge in [0.05, 0.1) is 27.6 Å². The number of oxime groups is 1. The first kappa shape index (κ1) is 19.8. The quantitative estimate of drug-likeness (QED) is 0.445. The van der Waals surface area contributed by atoms with Crippen molar-refractivity contribution in [2.75, 3.05) is 13.7 Å². The molecule has 0 saturated heterocycles. The summed E-state index contributed by atoms with van der Waals surface area (Å²) in [5.74, 6) is 0.842.